The average Bonchev–Trinajstić information content (AvgIpc) is 3.17. The van der Waals surface area contributed by atoms with Gasteiger partial charge in [-0.2, -0.15) is 4.31 Å². The molecule has 21 heavy (non-hydrogen) atoms. The summed E-state index contributed by atoms with van der Waals surface area (Å²) in [4.78, 5) is 0.275. The molecular formula is C15H22N2O3S. The van der Waals surface area contributed by atoms with Crippen molar-refractivity contribution >= 4 is 10.0 Å². The largest absolute Gasteiger partial charge is 0.495 e. The van der Waals surface area contributed by atoms with Gasteiger partial charge in [-0.25, -0.2) is 8.42 Å². The zero-order valence-corrected chi connectivity index (χ0v) is 13.1. The van der Waals surface area contributed by atoms with Gasteiger partial charge in [-0.3, -0.25) is 0 Å². The van der Waals surface area contributed by atoms with E-state index in [1.54, 1.807) is 28.6 Å². The first kappa shape index (κ1) is 14.8. The van der Waals surface area contributed by atoms with Crippen molar-refractivity contribution in [1.29, 1.82) is 0 Å². The van der Waals surface area contributed by atoms with Gasteiger partial charge in [0.25, 0.3) is 0 Å². The van der Waals surface area contributed by atoms with E-state index in [0.29, 0.717) is 12.3 Å². The van der Waals surface area contributed by atoms with Crippen LogP contribution in [0.4, 0.5) is 0 Å². The summed E-state index contributed by atoms with van der Waals surface area (Å²) < 4.78 is 32.9. The standard InChI is InChI=1S/C15H22N2O3S/c1-20-14-8-2-3-9-15(14)21(18,19)17-11-5-7-13(17)12-6-4-10-16-12/h2-3,8-9,12-13,16H,4-7,10-11H2,1H3. The van der Waals surface area contributed by atoms with E-state index in [0.717, 1.165) is 32.2 Å². The van der Waals surface area contributed by atoms with Gasteiger partial charge in [0, 0.05) is 18.6 Å². The molecule has 1 N–H and O–H groups in total. The fourth-order valence-corrected chi connectivity index (χ4v) is 5.35. The third-order valence-corrected chi connectivity index (χ3v) is 6.43. The summed E-state index contributed by atoms with van der Waals surface area (Å²) in [5, 5.41) is 3.44. The minimum Gasteiger partial charge on any atom is -0.495 e. The first-order chi connectivity index (χ1) is 10.1. The smallest absolute Gasteiger partial charge is 0.247 e. The van der Waals surface area contributed by atoms with Crippen molar-refractivity contribution in [1.82, 2.24) is 9.62 Å². The molecule has 5 nitrogen and oxygen atoms in total. The monoisotopic (exact) mass is 310 g/mol. The van der Waals surface area contributed by atoms with Gasteiger partial charge in [-0.1, -0.05) is 12.1 Å². The second-order valence-electron chi connectivity index (χ2n) is 5.68. The van der Waals surface area contributed by atoms with E-state index >= 15 is 0 Å². The molecule has 0 amide bonds. The highest BCUT2D eigenvalue weighted by atomic mass is 32.2. The molecule has 0 bridgehead atoms. The molecule has 3 rings (SSSR count). The normalized spacial score (nSPS) is 27.1. The maximum Gasteiger partial charge on any atom is 0.247 e. The van der Waals surface area contributed by atoms with Gasteiger partial charge >= 0.3 is 0 Å². The van der Waals surface area contributed by atoms with Gasteiger partial charge in [-0.15, -0.1) is 0 Å². The second-order valence-corrected chi connectivity index (χ2v) is 7.54. The van der Waals surface area contributed by atoms with Crippen LogP contribution in [0.1, 0.15) is 25.7 Å². The second kappa shape index (κ2) is 5.94. The van der Waals surface area contributed by atoms with Crippen molar-refractivity contribution in [2.75, 3.05) is 20.2 Å². The summed E-state index contributed by atoms with van der Waals surface area (Å²) in [6.07, 6.45) is 4.05. The van der Waals surface area contributed by atoms with Crippen molar-refractivity contribution in [2.24, 2.45) is 0 Å². The Hall–Kier alpha value is -1.11. The van der Waals surface area contributed by atoms with E-state index in [-0.39, 0.29) is 17.0 Å². The molecule has 116 valence electrons. The van der Waals surface area contributed by atoms with Crippen LogP contribution in [0.3, 0.4) is 0 Å². The van der Waals surface area contributed by atoms with Crippen LogP contribution in [-0.4, -0.2) is 45.0 Å². The minimum atomic E-state index is -3.50. The Morgan fingerprint density at radius 3 is 2.76 bits per heavy atom. The number of ether oxygens (including phenoxy) is 1. The Labute approximate surface area is 126 Å². The zero-order chi connectivity index (χ0) is 14.9. The molecule has 2 unspecified atom stereocenters. The molecule has 1 aromatic rings. The molecule has 0 aliphatic carbocycles. The molecule has 1 aromatic carbocycles. The number of rotatable bonds is 4. The maximum absolute atomic E-state index is 13.0. The number of nitrogens with zero attached hydrogens (tertiary/aromatic N) is 1. The quantitative estimate of drug-likeness (QED) is 0.918. The van der Waals surface area contributed by atoms with Crippen LogP contribution in [0.5, 0.6) is 5.75 Å². The van der Waals surface area contributed by atoms with Gasteiger partial charge in [0.05, 0.1) is 7.11 Å². The van der Waals surface area contributed by atoms with Crippen LogP contribution in [0.15, 0.2) is 29.2 Å². The number of sulfonamides is 1. The van der Waals surface area contributed by atoms with E-state index < -0.39 is 10.0 Å². The molecule has 2 aliphatic rings. The fraction of sp³-hybridized carbons (Fsp3) is 0.600. The fourth-order valence-electron chi connectivity index (χ4n) is 3.46. The van der Waals surface area contributed by atoms with Crippen LogP contribution in [0.25, 0.3) is 0 Å². The topological polar surface area (TPSA) is 58.6 Å². The lowest BCUT2D eigenvalue weighted by molar-refractivity contribution is 0.320. The van der Waals surface area contributed by atoms with Crippen LogP contribution in [0, 0.1) is 0 Å². The lowest BCUT2D eigenvalue weighted by atomic mass is 10.1. The lowest BCUT2D eigenvalue weighted by Crippen LogP contribution is -2.46. The van der Waals surface area contributed by atoms with Crippen LogP contribution in [-0.2, 0) is 10.0 Å². The van der Waals surface area contributed by atoms with Gasteiger partial charge in [-0.05, 0) is 44.4 Å². The summed E-state index contributed by atoms with van der Waals surface area (Å²) in [7, 11) is -1.99. The predicted molar refractivity (Wildman–Crippen MR) is 80.9 cm³/mol. The lowest BCUT2D eigenvalue weighted by Gasteiger charge is -2.29. The first-order valence-corrected chi connectivity index (χ1v) is 8.97. The third-order valence-electron chi connectivity index (χ3n) is 4.47. The molecule has 2 saturated heterocycles. The Morgan fingerprint density at radius 1 is 1.24 bits per heavy atom. The van der Waals surface area contributed by atoms with Crippen LogP contribution < -0.4 is 10.1 Å². The van der Waals surface area contributed by atoms with Crippen LogP contribution in [0.2, 0.25) is 0 Å². The molecule has 0 radical (unpaired) electrons. The van der Waals surface area contributed by atoms with E-state index in [1.165, 1.54) is 7.11 Å². The van der Waals surface area contributed by atoms with Crippen molar-refractivity contribution in [2.45, 2.75) is 42.7 Å². The van der Waals surface area contributed by atoms with Crippen molar-refractivity contribution < 1.29 is 13.2 Å². The maximum atomic E-state index is 13.0. The summed E-state index contributed by atoms with van der Waals surface area (Å²) in [5.74, 6) is 0.419. The van der Waals surface area contributed by atoms with E-state index in [4.69, 9.17) is 4.74 Å². The molecule has 6 heteroatoms. The highest BCUT2D eigenvalue weighted by Crippen LogP contribution is 2.33. The molecule has 0 aromatic heterocycles. The van der Waals surface area contributed by atoms with Gasteiger partial charge < -0.3 is 10.1 Å². The first-order valence-electron chi connectivity index (χ1n) is 7.53. The van der Waals surface area contributed by atoms with Gasteiger partial charge in [0.1, 0.15) is 10.6 Å². The number of para-hydroxylation sites is 1. The minimum absolute atomic E-state index is 0.0717. The molecule has 2 atom stereocenters. The molecule has 0 spiro atoms. The SMILES string of the molecule is COc1ccccc1S(=O)(=O)N1CCCC1C1CCCN1. The van der Waals surface area contributed by atoms with E-state index in [9.17, 15) is 8.42 Å². The van der Waals surface area contributed by atoms with Crippen LogP contribution >= 0.6 is 0 Å². The number of benzene rings is 1. The predicted octanol–water partition coefficient (Wildman–Crippen LogP) is 1.60. The van der Waals surface area contributed by atoms with Crippen molar-refractivity contribution in [3.8, 4) is 5.75 Å². The molecule has 2 heterocycles. The number of hydrogen-bond donors (Lipinski definition) is 1. The summed E-state index contributed by atoms with van der Waals surface area (Å²) in [5.41, 5.74) is 0. The number of hydrogen-bond acceptors (Lipinski definition) is 4. The highest BCUT2D eigenvalue weighted by Gasteiger charge is 2.41. The molecular weight excluding hydrogens is 288 g/mol. The Morgan fingerprint density at radius 2 is 2.05 bits per heavy atom. The van der Waals surface area contributed by atoms with Gasteiger partial charge in [0.15, 0.2) is 0 Å². The number of methoxy groups -OCH3 is 1. The van der Waals surface area contributed by atoms with Crippen molar-refractivity contribution in [3.63, 3.8) is 0 Å². The molecule has 2 aliphatic heterocycles. The van der Waals surface area contributed by atoms with Crippen molar-refractivity contribution in [3.05, 3.63) is 24.3 Å². The molecule has 2 fully saturated rings. The average molecular weight is 310 g/mol. The zero-order valence-electron chi connectivity index (χ0n) is 12.3. The van der Waals surface area contributed by atoms with E-state index in [1.807, 2.05) is 0 Å². The Kier molecular flexibility index (Phi) is 4.19. The highest BCUT2D eigenvalue weighted by molar-refractivity contribution is 7.89. The summed E-state index contributed by atoms with van der Waals surface area (Å²) in [6.45, 7) is 1.59. The van der Waals surface area contributed by atoms with E-state index in [2.05, 4.69) is 5.32 Å². The Bertz CT molecular complexity index is 597. The Balaban J connectivity index is 1.93. The summed E-state index contributed by atoms with van der Waals surface area (Å²) in [6, 6.07) is 7.23. The summed E-state index contributed by atoms with van der Waals surface area (Å²) >= 11 is 0. The third kappa shape index (κ3) is 2.67. The number of nitrogens with one attached hydrogen (secondary N) is 1. The van der Waals surface area contributed by atoms with Gasteiger partial charge in [0.2, 0.25) is 10.0 Å². The molecule has 0 saturated carbocycles.